The molecule has 1 aliphatic carbocycles. The summed E-state index contributed by atoms with van der Waals surface area (Å²) < 4.78 is 25.6. The van der Waals surface area contributed by atoms with Crippen molar-refractivity contribution in [1.82, 2.24) is 5.32 Å². The number of Topliss-reactive ketones (excluding diaryl/α,β-unsaturated/α-hetero) is 1. The number of nitrogens with one attached hydrogen (secondary N) is 1. The molecular weight excluding hydrogens is 370 g/mol. The largest absolute Gasteiger partial charge is 0.306 e. The zero-order valence-corrected chi connectivity index (χ0v) is 15.8. The van der Waals surface area contributed by atoms with Crippen LogP contribution in [0.3, 0.4) is 0 Å². The lowest BCUT2D eigenvalue weighted by molar-refractivity contribution is -0.123. The van der Waals surface area contributed by atoms with Crippen LogP contribution in [0.5, 0.6) is 0 Å². The Morgan fingerprint density at radius 2 is 1.69 bits per heavy atom. The Hall–Kier alpha value is -1.69. The van der Waals surface area contributed by atoms with Gasteiger partial charge in [0.2, 0.25) is 0 Å². The highest BCUT2D eigenvalue weighted by Gasteiger charge is 2.54. The molecule has 1 saturated heterocycles. The SMILES string of the molecule is O=C(C1CC(S(=O)(=O)c2ccccc2)CN1)C1(c2ccc(Cl)cc2)CC1. The number of ketones is 1. The standard InChI is InChI=1S/C20H20ClNO3S/c21-15-8-6-14(7-9-15)20(10-11-20)19(23)18-12-17(13-22-18)26(24,25)16-4-2-1-3-5-16/h1-9,17-18,22H,10-13H2. The fraction of sp³-hybridized carbons (Fsp3) is 0.350. The van der Waals surface area contributed by atoms with Crippen LogP contribution in [-0.4, -0.2) is 32.0 Å². The van der Waals surface area contributed by atoms with E-state index in [4.69, 9.17) is 11.6 Å². The molecule has 2 atom stereocenters. The third kappa shape index (κ3) is 2.98. The molecule has 2 aliphatic rings. The second-order valence-electron chi connectivity index (χ2n) is 7.13. The molecular formula is C20H20ClNO3S. The zero-order valence-electron chi connectivity index (χ0n) is 14.2. The maximum atomic E-state index is 13.1. The maximum absolute atomic E-state index is 13.1. The quantitative estimate of drug-likeness (QED) is 0.853. The Morgan fingerprint density at radius 3 is 2.31 bits per heavy atom. The highest BCUT2D eigenvalue weighted by atomic mass is 35.5. The number of benzene rings is 2. The number of hydrogen-bond acceptors (Lipinski definition) is 4. The van der Waals surface area contributed by atoms with Gasteiger partial charge in [-0.2, -0.15) is 0 Å². The summed E-state index contributed by atoms with van der Waals surface area (Å²) in [5.41, 5.74) is 0.497. The first kappa shape index (κ1) is 17.7. The van der Waals surface area contributed by atoms with Gasteiger partial charge in [0.15, 0.2) is 15.6 Å². The first-order chi connectivity index (χ1) is 12.4. The molecule has 136 valence electrons. The fourth-order valence-corrected chi connectivity index (χ4v) is 5.66. The number of rotatable bonds is 5. The van der Waals surface area contributed by atoms with Gasteiger partial charge in [0.1, 0.15) is 0 Å². The predicted octanol–water partition coefficient (Wildman–Crippen LogP) is 3.15. The number of hydrogen-bond donors (Lipinski definition) is 1. The summed E-state index contributed by atoms with van der Waals surface area (Å²) in [7, 11) is -3.43. The van der Waals surface area contributed by atoms with E-state index in [1.165, 1.54) is 0 Å². The fourth-order valence-electron chi connectivity index (χ4n) is 3.85. The van der Waals surface area contributed by atoms with Crippen molar-refractivity contribution in [2.45, 2.75) is 40.9 Å². The third-order valence-corrected chi connectivity index (χ3v) is 7.95. The second kappa shape index (κ2) is 6.48. The summed E-state index contributed by atoms with van der Waals surface area (Å²) in [6, 6.07) is 15.4. The van der Waals surface area contributed by atoms with Crippen molar-refractivity contribution < 1.29 is 13.2 Å². The van der Waals surface area contributed by atoms with Gasteiger partial charge in [-0.1, -0.05) is 41.9 Å². The van der Waals surface area contributed by atoms with Crippen LogP contribution < -0.4 is 5.32 Å². The minimum atomic E-state index is -3.43. The summed E-state index contributed by atoms with van der Waals surface area (Å²) in [5.74, 6) is 0.102. The lowest BCUT2D eigenvalue weighted by atomic mass is 9.87. The topological polar surface area (TPSA) is 63.2 Å². The average Bonchev–Trinajstić information content (AvgIpc) is 3.31. The third-order valence-electron chi connectivity index (χ3n) is 5.54. The molecule has 1 aliphatic heterocycles. The van der Waals surface area contributed by atoms with E-state index < -0.39 is 26.5 Å². The van der Waals surface area contributed by atoms with Gasteiger partial charge in [-0.05, 0) is 49.1 Å². The molecule has 0 spiro atoms. The lowest BCUT2D eigenvalue weighted by Crippen LogP contribution is -2.38. The smallest absolute Gasteiger partial charge is 0.182 e. The highest BCUT2D eigenvalue weighted by molar-refractivity contribution is 7.92. The van der Waals surface area contributed by atoms with E-state index in [0.29, 0.717) is 22.9 Å². The van der Waals surface area contributed by atoms with Crippen LogP contribution in [0.1, 0.15) is 24.8 Å². The minimum absolute atomic E-state index is 0.102. The Kier molecular flexibility index (Phi) is 4.41. The Morgan fingerprint density at radius 1 is 1.04 bits per heavy atom. The van der Waals surface area contributed by atoms with Gasteiger partial charge < -0.3 is 5.32 Å². The van der Waals surface area contributed by atoms with Gasteiger partial charge in [-0.25, -0.2) is 8.42 Å². The van der Waals surface area contributed by atoms with Crippen LogP contribution in [0.25, 0.3) is 0 Å². The summed E-state index contributed by atoms with van der Waals surface area (Å²) in [4.78, 5) is 13.5. The number of halogens is 1. The van der Waals surface area contributed by atoms with Crippen LogP contribution in [0.4, 0.5) is 0 Å². The van der Waals surface area contributed by atoms with Crippen molar-refractivity contribution in [3.05, 3.63) is 65.2 Å². The molecule has 4 nitrogen and oxygen atoms in total. The van der Waals surface area contributed by atoms with E-state index in [2.05, 4.69) is 5.32 Å². The van der Waals surface area contributed by atoms with Crippen LogP contribution in [0, 0.1) is 0 Å². The molecule has 26 heavy (non-hydrogen) atoms. The molecule has 4 rings (SSSR count). The molecule has 0 aromatic heterocycles. The van der Waals surface area contributed by atoms with Crippen LogP contribution in [0.2, 0.25) is 5.02 Å². The van der Waals surface area contributed by atoms with Gasteiger partial charge in [0.05, 0.1) is 21.6 Å². The zero-order chi connectivity index (χ0) is 18.4. The van der Waals surface area contributed by atoms with E-state index in [1.807, 2.05) is 12.1 Å². The van der Waals surface area contributed by atoms with Crippen molar-refractivity contribution in [3.63, 3.8) is 0 Å². The molecule has 2 fully saturated rings. The molecule has 2 aromatic rings. The summed E-state index contributed by atoms with van der Waals surface area (Å²) >= 11 is 5.95. The van der Waals surface area contributed by atoms with E-state index in [-0.39, 0.29) is 5.78 Å². The molecule has 0 radical (unpaired) electrons. The normalized spacial score (nSPS) is 24.3. The first-order valence-electron chi connectivity index (χ1n) is 8.76. The number of sulfone groups is 1. The molecule has 1 saturated carbocycles. The average molecular weight is 390 g/mol. The van der Waals surface area contributed by atoms with E-state index >= 15 is 0 Å². The van der Waals surface area contributed by atoms with Crippen LogP contribution in [0.15, 0.2) is 59.5 Å². The van der Waals surface area contributed by atoms with E-state index in [0.717, 1.165) is 18.4 Å². The number of carbonyl (C=O) groups excluding carboxylic acids is 1. The van der Waals surface area contributed by atoms with Crippen molar-refractivity contribution in [2.75, 3.05) is 6.54 Å². The predicted molar refractivity (Wildman–Crippen MR) is 101 cm³/mol. The molecule has 2 unspecified atom stereocenters. The Labute approximate surface area is 158 Å². The van der Waals surface area contributed by atoms with Gasteiger partial charge in [-0.3, -0.25) is 4.79 Å². The molecule has 0 bridgehead atoms. The molecule has 1 N–H and O–H groups in total. The first-order valence-corrected chi connectivity index (χ1v) is 10.7. The van der Waals surface area contributed by atoms with E-state index in [1.54, 1.807) is 42.5 Å². The van der Waals surface area contributed by atoms with Crippen molar-refractivity contribution >= 4 is 27.2 Å². The molecule has 2 aromatic carbocycles. The van der Waals surface area contributed by atoms with E-state index in [9.17, 15) is 13.2 Å². The molecule has 0 amide bonds. The highest BCUT2D eigenvalue weighted by Crippen LogP contribution is 2.50. The number of carbonyl (C=O) groups is 1. The van der Waals surface area contributed by atoms with Gasteiger partial charge in [0.25, 0.3) is 0 Å². The van der Waals surface area contributed by atoms with Crippen LogP contribution in [-0.2, 0) is 20.0 Å². The summed E-state index contributed by atoms with van der Waals surface area (Å²) in [5, 5.41) is 3.23. The second-order valence-corrected chi connectivity index (χ2v) is 9.79. The van der Waals surface area contributed by atoms with Crippen molar-refractivity contribution in [2.24, 2.45) is 0 Å². The van der Waals surface area contributed by atoms with Crippen molar-refractivity contribution in [3.8, 4) is 0 Å². The Bertz CT molecular complexity index is 921. The molecule has 6 heteroatoms. The Balaban J connectivity index is 1.52. The monoisotopic (exact) mass is 389 g/mol. The maximum Gasteiger partial charge on any atom is 0.182 e. The molecule has 1 heterocycles. The minimum Gasteiger partial charge on any atom is -0.306 e. The lowest BCUT2D eigenvalue weighted by Gasteiger charge is -2.19. The summed E-state index contributed by atoms with van der Waals surface area (Å²) in [6.07, 6.45) is 1.94. The van der Waals surface area contributed by atoms with Crippen molar-refractivity contribution in [1.29, 1.82) is 0 Å². The van der Waals surface area contributed by atoms with Gasteiger partial charge in [-0.15, -0.1) is 0 Å². The van der Waals surface area contributed by atoms with Crippen LogP contribution >= 0.6 is 11.6 Å². The van der Waals surface area contributed by atoms with Gasteiger partial charge >= 0.3 is 0 Å². The van der Waals surface area contributed by atoms with Gasteiger partial charge in [0, 0.05) is 11.6 Å². The summed E-state index contributed by atoms with van der Waals surface area (Å²) in [6.45, 7) is 0.310.